The van der Waals surface area contributed by atoms with Crippen LogP contribution in [0.3, 0.4) is 0 Å². The van der Waals surface area contributed by atoms with E-state index in [1.54, 1.807) is 0 Å². The van der Waals surface area contributed by atoms with E-state index in [0.717, 1.165) is 18.2 Å². The maximum Gasteiger partial charge on any atom is 0.306 e. The van der Waals surface area contributed by atoms with Gasteiger partial charge < -0.3 is 10.5 Å². The molecule has 0 aliphatic rings. The lowest BCUT2D eigenvalue weighted by atomic mass is 10.2. The lowest BCUT2D eigenvalue weighted by Crippen LogP contribution is -2.06. The van der Waals surface area contributed by atoms with Gasteiger partial charge in [0, 0.05) is 24.1 Å². The number of rotatable bonds is 8. The summed E-state index contributed by atoms with van der Waals surface area (Å²) in [6.07, 6.45) is 1.47. The number of carbonyl (C=O) groups excluding carboxylic acids is 1. The molecule has 0 bridgehead atoms. The molecule has 0 amide bonds. The van der Waals surface area contributed by atoms with E-state index < -0.39 is 27.2 Å². The Morgan fingerprint density at radius 2 is 1.67 bits per heavy atom. The fourth-order valence-electron chi connectivity index (χ4n) is 1.60. The number of nitro groups is 2. The number of hydrogen-bond acceptors (Lipinski definition) is 7. The topological polar surface area (TPSA) is 139 Å². The number of ether oxygens (including phenoxy) is 1. The van der Waals surface area contributed by atoms with Crippen molar-refractivity contribution in [3.63, 3.8) is 0 Å². The van der Waals surface area contributed by atoms with Crippen molar-refractivity contribution in [1.29, 1.82) is 0 Å². The van der Waals surface area contributed by atoms with Crippen molar-refractivity contribution in [3.8, 4) is 0 Å². The minimum Gasteiger partial charge on any atom is -0.461 e. The van der Waals surface area contributed by atoms with Gasteiger partial charge in [0.15, 0.2) is 0 Å². The Morgan fingerprint density at radius 3 is 2.14 bits per heavy atom. The molecule has 0 aromatic heterocycles. The first-order valence-electron chi connectivity index (χ1n) is 6.22. The van der Waals surface area contributed by atoms with Crippen LogP contribution in [0.2, 0.25) is 0 Å². The highest BCUT2D eigenvalue weighted by Gasteiger charge is 2.17. The zero-order chi connectivity index (χ0) is 15.8. The van der Waals surface area contributed by atoms with Gasteiger partial charge in [-0.1, -0.05) is 0 Å². The molecular formula is C12H15N3O6. The van der Waals surface area contributed by atoms with E-state index in [1.165, 1.54) is 0 Å². The summed E-state index contributed by atoms with van der Waals surface area (Å²) in [5.74, 6) is -0.474. The largest absolute Gasteiger partial charge is 0.461 e. The van der Waals surface area contributed by atoms with Crippen LogP contribution in [0.4, 0.5) is 11.4 Å². The Bertz CT molecular complexity index is 514. The Kier molecular flexibility index (Phi) is 6.21. The summed E-state index contributed by atoms with van der Waals surface area (Å²) < 4.78 is 4.92. The van der Waals surface area contributed by atoms with Crippen molar-refractivity contribution < 1.29 is 19.4 Å². The zero-order valence-corrected chi connectivity index (χ0v) is 11.2. The normalized spacial score (nSPS) is 10.1. The molecular weight excluding hydrogens is 282 g/mol. The van der Waals surface area contributed by atoms with Crippen molar-refractivity contribution in [3.05, 3.63) is 44.0 Å². The van der Waals surface area contributed by atoms with Crippen LogP contribution in [0, 0.1) is 20.2 Å². The van der Waals surface area contributed by atoms with E-state index in [4.69, 9.17) is 10.5 Å². The molecule has 0 fully saturated rings. The van der Waals surface area contributed by atoms with Gasteiger partial charge in [-0.15, -0.1) is 0 Å². The number of carbonyl (C=O) groups is 1. The monoisotopic (exact) mass is 297 g/mol. The number of benzene rings is 1. The van der Waals surface area contributed by atoms with Crippen molar-refractivity contribution >= 4 is 17.3 Å². The van der Waals surface area contributed by atoms with Crippen molar-refractivity contribution in [1.82, 2.24) is 0 Å². The average Bonchev–Trinajstić information content (AvgIpc) is 2.45. The molecule has 0 unspecified atom stereocenters. The zero-order valence-electron chi connectivity index (χ0n) is 11.2. The first-order chi connectivity index (χ1) is 9.93. The van der Waals surface area contributed by atoms with Gasteiger partial charge in [0.25, 0.3) is 11.4 Å². The van der Waals surface area contributed by atoms with E-state index >= 15 is 0 Å². The van der Waals surface area contributed by atoms with Crippen LogP contribution in [0.5, 0.6) is 0 Å². The third-order valence-corrected chi connectivity index (χ3v) is 2.62. The number of esters is 1. The first-order valence-corrected chi connectivity index (χ1v) is 6.22. The molecule has 9 nitrogen and oxygen atoms in total. The van der Waals surface area contributed by atoms with Crippen LogP contribution in [-0.2, 0) is 16.1 Å². The van der Waals surface area contributed by atoms with Crippen molar-refractivity contribution in [2.75, 3.05) is 6.54 Å². The summed E-state index contributed by atoms with van der Waals surface area (Å²) in [6, 6.07) is 3.13. The van der Waals surface area contributed by atoms with E-state index in [2.05, 4.69) is 0 Å². The van der Waals surface area contributed by atoms with Crippen molar-refractivity contribution in [2.24, 2.45) is 5.73 Å². The third-order valence-electron chi connectivity index (χ3n) is 2.62. The molecule has 114 valence electrons. The van der Waals surface area contributed by atoms with Gasteiger partial charge in [-0.05, 0) is 19.4 Å². The molecule has 0 spiro atoms. The second-order valence-corrected chi connectivity index (χ2v) is 4.28. The molecule has 0 aliphatic carbocycles. The molecule has 0 heterocycles. The highest BCUT2D eigenvalue weighted by atomic mass is 16.6. The molecule has 0 saturated carbocycles. The summed E-state index contributed by atoms with van der Waals surface area (Å²) in [4.78, 5) is 31.3. The fraction of sp³-hybridized carbons (Fsp3) is 0.417. The molecule has 0 atom stereocenters. The maximum atomic E-state index is 11.4. The highest BCUT2D eigenvalue weighted by Crippen LogP contribution is 2.23. The van der Waals surface area contributed by atoms with Gasteiger partial charge in [0.1, 0.15) is 6.61 Å². The maximum absolute atomic E-state index is 11.4. The SMILES string of the molecule is NCCCCC(=O)OCc1cc([N+](=O)[O-])cc([N+](=O)[O-])c1. The second-order valence-electron chi connectivity index (χ2n) is 4.28. The summed E-state index contributed by atoms with van der Waals surface area (Å²) in [6.45, 7) is 0.230. The van der Waals surface area contributed by atoms with Crippen molar-refractivity contribution in [2.45, 2.75) is 25.9 Å². The highest BCUT2D eigenvalue weighted by molar-refractivity contribution is 5.69. The fourth-order valence-corrected chi connectivity index (χ4v) is 1.60. The van der Waals surface area contributed by atoms with Gasteiger partial charge in [-0.3, -0.25) is 25.0 Å². The van der Waals surface area contributed by atoms with Gasteiger partial charge in [-0.25, -0.2) is 0 Å². The summed E-state index contributed by atoms with van der Waals surface area (Å²) in [5, 5.41) is 21.4. The van der Waals surface area contributed by atoms with Gasteiger partial charge in [-0.2, -0.15) is 0 Å². The summed E-state index contributed by atoms with van der Waals surface area (Å²) in [5.41, 5.74) is 4.65. The number of hydrogen-bond donors (Lipinski definition) is 1. The Balaban J connectivity index is 2.72. The van der Waals surface area contributed by atoms with Crippen LogP contribution in [0.15, 0.2) is 18.2 Å². The van der Waals surface area contributed by atoms with E-state index in [1.807, 2.05) is 0 Å². The van der Waals surface area contributed by atoms with E-state index in [9.17, 15) is 25.0 Å². The van der Waals surface area contributed by atoms with E-state index in [0.29, 0.717) is 19.4 Å². The third kappa shape index (κ3) is 5.53. The molecule has 1 aromatic rings. The van der Waals surface area contributed by atoms with Crippen LogP contribution >= 0.6 is 0 Å². The minimum atomic E-state index is -0.737. The lowest BCUT2D eigenvalue weighted by molar-refractivity contribution is -0.394. The number of nitrogens with zero attached hydrogens (tertiary/aromatic N) is 2. The Labute approximate surface area is 120 Å². The number of non-ortho nitro benzene ring substituents is 2. The predicted molar refractivity (Wildman–Crippen MR) is 72.5 cm³/mol. The molecule has 2 N–H and O–H groups in total. The Morgan fingerprint density at radius 1 is 1.10 bits per heavy atom. The summed E-state index contributed by atoms with van der Waals surface area (Å²) in [7, 11) is 0. The van der Waals surface area contributed by atoms with Gasteiger partial charge >= 0.3 is 5.97 Å². The molecule has 1 rings (SSSR count). The van der Waals surface area contributed by atoms with Crippen LogP contribution < -0.4 is 5.73 Å². The molecule has 21 heavy (non-hydrogen) atoms. The molecule has 1 aromatic carbocycles. The lowest BCUT2D eigenvalue weighted by Gasteiger charge is -2.05. The summed E-state index contributed by atoms with van der Waals surface area (Å²) >= 11 is 0. The van der Waals surface area contributed by atoms with E-state index in [-0.39, 0.29) is 18.6 Å². The second kappa shape index (κ2) is 7.90. The average molecular weight is 297 g/mol. The van der Waals surface area contributed by atoms with Gasteiger partial charge in [0.2, 0.25) is 0 Å². The minimum absolute atomic E-state index is 0.189. The standard InChI is InChI=1S/C12H15N3O6/c13-4-2-1-3-12(16)21-8-9-5-10(14(17)18)7-11(6-9)15(19)20/h5-7H,1-4,8,13H2. The quantitative estimate of drug-likeness (QED) is 0.333. The van der Waals surface area contributed by atoms with Crippen LogP contribution in [0.25, 0.3) is 0 Å². The number of nitro benzene ring substituents is 2. The molecule has 9 heteroatoms. The molecule has 0 radical (unpaired) electrons. The predicted octanol–water partition coefficient (Wildman–Crippen LogP) is 1.68. The van der Waals surface area contributed by atoms with Crippen LogP contribution in [-0.4, -0.2) is 22.4 Å². The number of nitrogens with two attached hydrogens (primary N) is 1. The molecule has 0 aliphatic heterocycles. The van der Waals surface area contributed by atoms with Crippen LogP contribution in [0.1, 0.15) is 24.8 Å². The molecule has 0 saturated heterocycles. The Hall–Kier alpha value is -2.55. The smallest absolute Gasteiger partial charge is 0.306 e. The first kappa shape index (κ1) is 16.5. The van der Waals surface area contributed by atoms with Gasteiger partial charge in [0.05, 0.1) is 15.9 Å². The number of unbranched alkanes of at least 4 members (excludes halogenated alkanes) is 1.